The number of likely N-dealkylation sites (N-methyl/N-ethyl adjacent to an activating group) is 1. The smallest absolute Gasteiger partial charge is 0.240 e. The van der Waals surface area contributed by atoms with Gasteiger partial charge in [-0.15, -0.1) is 0 Å². The standard InChI is InChI=1S/C13H21N3O3S/c1-4-14-7-8-15-20(18,19)12-6-5-10(2)13(9-12)16-11(3)17/h5-6,9,14-15H,4,7-8H2,1-3H3,(H,16,17). The minimum Gasteiger partial charge on any atom is -0.326 e. The lowest BCUT2D eigenvalue weighted by Crippen LogP contribution is -2.31. The van der Waals surface area contributed by atoms with Gasteiger partial charge in [-0.2, -0.15) is 0 Å². The zero-order chi connectivity index (χ0) is 15.2. The van der Waals surface area contributed by atoms with Gasteiger partial charge >= 0.3 is 0 Å². The SMILES string of the molecule is CCNCCNS(=O)(=O)c1ccc(C)c(NC(C)=O)c1. The van der Waals surface area contributed by atoms with Gasteiger partial charge in [-0.25, -0.2) is 13.1 Å². The van der Waals surface area contributed by atoms with Gasteiger partial charge in [-0.05, 0) is 31.2 Å². The molecule has 0 spiro atoms. The molecule has 0 unspecified atom stereocenters. The minimum absolute atomic E-state index is 0.142. The van der Waals surface area contributed by atoms with Gasteiger partial charge in [0.25, 0.3) is 0 Å². The van der Waals surface area contributed by atoms with Gasteiger partial charge in [0.05, 0.1) is 4.90 Å². The van der Waals surface area contributed by atoms with Gasteiger partial charge in [0.2, 0.25) is 15.9 Å². The Hall–Kier alpha value is -1.44. The first-order valence-electron chi connectivity index (χ1n) is 6.45. The summed E-state index contributed by atoms with van der Waals surface area (Å²) < 4.78 is 26.7. The normalized spacial score (nSPS) is 11.3. The second-order valence-electron chi connectivity index (χ2n) is 4.41. The maximum Gasteiger partial charge on any atom is 0.240 e. The van der Waals surface area contributed by atoms with Gasteiger partial charge in [0, 0.05) is 25.7 Å². The molecule has 0 aliphatic carbocycles. The Bertz CT molecular complexity index is 570. The van der Waals surface area contributed by atoms with Crippen molar-refractivity contribution in [2.75, 3.05) is 25.0 Å². The first-order valence-corrected chi connectivity index (χ1v) is 7.93. The number of amides is 1. The summed E-state index contributed by atoms with van der Waals surface area (Å²) in [6.07, 6.45) is 0. The molecule has 1 aromatic carbocycles. The summed E-state index contributed by atoms with van der Waals surface area (Å²) >= 11 is 0. The number of hydrogen-bond acceptors (Lipinski definition) is 4. The second kappa shape index (κ2) is 7.37. The molecule has 0 saturated heterocycles. The van der Waals surface area contributed by atoms with E-state index >= 15 is 0 Å². The number of sulfonamides is 1. The van der Waals surface area contributed by atoms with E-state index < -0.39 is 10.0 Å². The lowest BCUT2D eigenvalue weighted by atomic mass is 10.2. The molecule has 112 valence electrons. The van der Waals surface area contributed by atoms with Gasteiger partial charge in [-0.3, -0.25) is 4.79 Å². The van der Waals surface area contributed by atoms with E-state index in [9.17, 15) is 13.2 Å². The quantitative estimate of drug-likeness (QED) is 0.651. The van der Waals surface area contributed by atoms with Crippen molar-refractivity contribution in [1.29, 1.82) is 0 Å². The Kier molecular flexibility index (Phi) is 6.12. The van der Waals surface area contributed by atoms with Crippen LogP contribution in [0.4, 0.5) is 5.69 Å². The molecule has 3 N–H and O–H groups in total. The van der Waals surface area contributed by atoms with Crippen LogP contribution in [0.5, 0.6) is 0 Å². The summed E-state index contributed by atoms with van der Waals surface area (Å²) in [4.78, 5) is 11.2. The van der Waals surface area contributed by atoms with Crippen LogP contribution in [0.25, 0.3) is 0 Å². The average molecular weight is 299 g/mol. The van der Waals surface area contributed by atoms with E-state index in [4.69, 9.17) is 0 Å². The third-order valence-electron chi connectivity index (χ3n) is 2.67. The number of carbonyl (C=O) groups excluding carboxylic acids is 1. The van der Waals surface area contributed by atoms with Crippen molar-refractivity contribution in [3.63, 3.8) is 0 Å². The molecule has 1 amide bonds. The van der Waals surface area contributed by atoms with E-state index in [1.807, 2.05) is 6.92 Å². The fourth-order valence-electron chi connectivity index (χ4n) is 1.63. The number of rotatable bonds is 7. The van der Waals surface area contributed by atoms with Crippen molar-refractivity contribution in [2.24, 2.45) is 0 Å². The van der Waals surface area contributed by atoms with Crippen molar-refractivity contribution in [3.05, 3.63) is 23.8 Å². The van der Waals surface area contributed by atoms with Crippen LogP contribution in [0.1, 0.15) is 19.4 Å². The Morgan fingerprint density at radius 2 is 1.95 bits per heavy atom. The Morgan fingerprint density at radius 1 is 1.25 bits per heavy atom. The first-order chi connectivity index (χ1) is 9.36. The van der Waals surface area contributed by atoms with Crippen LogP contribution in [-0.2, 0) is 14.8 Å². The highest BCUT2D eigenvalue weighted by Crippen LogP contribution is 2.20. The number of benzene rings is 1. The van der Waals surface area contributed by atoms with E-state index in [1.165, 1.54) is 19.1 Å². The molecule has 0 aliphatic rings. The monoisotopic (exact) mass is 299 g/mol. The van der Waals surface area contributed by atoms with Crippen molar-refractivity contribution < 1.29 is 13.2 Å². The highest BCUT2D eigenvalue weighted by Gasteiger charge is 2.15. The Balaban J connectivity index is 2.86. The summed E-state index contributed by atoms with van der Waals surface area (Å²) in [5, 5.41) is 5.65. The molecule has 7 heteroatoms. The van der Waals surface area contributed by atoms with Crippen molar-refractivity contribution in [1.82, 2.24) is 10.0 Å². The van der Waals surface area contributed by atoms with Gasteiger partial charge in [0.1, 0.15) is 0 Å². The number of nitrogens with one attached hydrogen (secondary N) is 3. The molecule has 0 aliphatic heterocycles. The third kappa shape index (κ3) is 4.92. The van der Waals surface area contributed by atoms with Crippen LogP contribution in [0.2, 0.25) is 0 Å². The third-order valence-corrected chi connectivity index (χ3v) is 4.13. The summed E-state index contributed by atoms with van der Waals surface area (Å²) in [6, 6.07) is 4.66. The molecule has 0 saturated carbocycles. The molecule has 0 aromatic heterocycles. The second-order valence-corrected chi connectivity index (χ2v) is 6.18. The van der Waals surface area contributed by atoms with E-state index in [0.29, 0.717) is 18.8 Å². The number of hydrogen-bond donors (Lipinski definition) is 3. The topological polar surface area (TPSA) is 87.3 Å². The minimum atomic E-state index is -3.56. The zero-order valence-corrected chi connectivity index (χ0v) is 12.8. The average Bonchev–Trinajstić information content (AvgIpc) is 2.36. The van der Waals surface area contributed by atoms with E-state index in [-0.39, 0.29) is 10.8 Å². The lowest BCUT2D eigenvalue weighted by molar-refractivity contribution is -0.114. The van der Waals surface area contributed by atoms with Gasteiger partial charge in [-0.1, -0.05) is 13.0 Å². The van der Waals surface area contributed by atoms with Crippen LogP contribution >= 0.6 is 0 Å². The fraction of sp³-hybridized carbons (Fsp3) is 0.462. The number of carbonyl (C=O) groups is 1. The summed E-state index contributed by atoms with van der Waals surface area (Å²) in [7, 11) is -3.56. The fourth-order valence-corrected chi connectivity index (χ4v) is 2.68. The molecule has 20 heavy (non-hydrogen) atoms. The maximum atomic E-state index is 12.1. The summed E-state index contributed by atoms with van der Waals surface area (Å²) in [6.45, 7) is 6.82. The van der Waals surface area contributed by atoms with Crippen LogP contribution in [0.3, 0.4) is 0 Å². The molecular weight excluding hydrogens is 278 g/mol. The molecule has 0 fully saturated rings. The maximum absolute atomic E-state index is 12.1. The van der Waals surface area contributed by atoms with Gasteiger partial charge in [0.15, 0.2) is 0 Å². The van der Waals surface area contributed by atoms with Crippen molar-refractivity contribution >= 4 is 21.6 Å². The largest absolute Gasteiger partial charge is 0.326 e. The molecule has 1 rings (SSSR count). The molecule has 0 atom stereocenters. The summed E-state index contributed by atoms with van der Waals surface area (Å²) in [5.41, 5.74) is 1.32. The highest BCUT2D eigenvalue weighted by atomic mass is 32.2. The number of aryl methyl sites for hydroxylation is 1. The molecule has 0 radical (unpaired) electrons. The first kappa shape index (κ1) is 16.6. The van der Waals surface area contributed by atoms with E-state index in [1.54, 1.807) is 13.0 Å². The molecule has 6 nitrogen and oxygen atoms in total. The molecular formula is C13H21N3O3S. The van der Waals surface area contributed by atoms with Crippen LogP contribution in [0, 0.1) is 6.92 Å². The Morgan fingerprint density at radius 3 is 2.55 bits per heavy atom. The van der Waals surface area contributed by atoms with Crippen LogP contribution in [0.15, 0.2) is 23.1 Å². The molecule has 0 heterocycles. The Labute approximate surface area is 120 Å². The lowest BCUT2D eigenvalue weighted by Gasteiger charge is -2.11. The van der Waals surface area contributed by atoms with Gasteiger partial charge < -0.3 is 10.6 Å². The predicted molar refractivity (Wildman–Crippen MR) is 79.2 cm³/mol. The highest BCUT2D eigenvalue weighted by molar-refractivity contribution is 7.89. The van der Waals surface area contributed by atoms with Crippen molar-refractivity contribution in [3.8, 4) is 0 Å². The number of anilines is 1. The van der Waals surface area contributed by atoms with E-state index in [0.717, 1.165) is 12.1 Å². The zero-order valence-electron chi connectivity index (χ0n) is 12.0. The van der Waals surface area contributed by atoms with Crippen LogP contribution < -0.4 is 15.4 Å². The van der Waals surface area contributed by atoms with Crippen LogP contribution in [-0.4, -0.2) is 34.0 Å². The van der Waals surface area contributed by atoms with Crippen molar-refractivity contribution in [2.45, 2.75) is 25.7 Å². The molecule has 1 aromatic rings. The molecule has 0 bridgehead atoms. The summed E-state index contributed by atoms with van der Waals surface area (Å²) in [5.74, 6) is -0.234. The van der Waals surface area contributed by atoms with E-state index in [2.05, 4.69) is 15.4 Å². The predicted octanol–water partition coefficient (Wildman–Crippen LogP) is 0.841.